The summed E-state index contributed by atoms with van der Waals surface area (Å²) in [4.78, 5) is 16.5. The Hall–Kier alpha value is -2.06. The van der Waals surface area contributed by atoms with Gasteiger partial charge < -0.3 is 9.64 Å². The van der Waals surface area contributed by atoms with E-state index in [1.807, 2.05) is 29.2 Å². The van der Waals surface area contributed by atoms with Crippen LogP contribution in [0.1, 0.15) is 32.8 Å². The molecule has 1 fully saturated rings. The summed E-state index contributed by atoms with van der Waals surface area (Å²) >= 11 is 0. The van der Waals surface area contributed by atoms with Crippen LogP contribution in [0.5, 0.6) is 5.75 Å². The fraction of sp³-hybridized carbons (Fsp3) is 0.579. The molecule has 130 valence electrons. The van der Waals surface area contributed by atoms with Gasteiger partial charge in [0.15, 0.2) is 6.61 Å². The van der Waals surface area contributed by atoms with Crippen LogP contribution in [0.4, 0.5) is 0 Å². The van der Waals surface area contributed by atoms with Crippen molar-refractivity contribution in [3.8, 4) is 11.8 Å². The van der Waals surface area contributed by atoms with Gasteiger partial charge in [-0.05, 0) is 17.0 Å². The van der Waals surface area contributed by atoms with Gasteiger partial charge in [-0.2, -0.15) is 5.26 Å². The van der Waals surface area contributed by atoms with E-state index < -0.39 is 0 Å². The third-order valence-electron chi connectivity index (χ3n) is 4.31. The monoisotopic (exact) mass is 329 g/mol. The number of hydrogen-bond donors (Lipinski definition) is 0. The van der Waals surface area contributed by atoms with E-state index in [1.54, 1.807) is 0 Å². The van der Waals surface area contributed by atoms with E-state index in [9.17, 15) is 4.79 Å². The Morgan fingerprint density at radius 2 is 1.88 bits per heavy atom. The first-order valence-electron chi connectivity index (χ1n) is 8.51. The lowest BCUT2D eigenvalue weighted by atomic mass is 9.86. The largest absolute Gasteiger partial charge is 0.483 e. The van der Waals surface area contributed by atoms with Crippen LogP contribution in [0.2, 0.25) is 0 Å². The molecule has 0 saturated carbocycles. The standard InChI is InChI=1S/C19H27N3O2/c1-19(2,3)16-7-4-5-8-17(16)24-15-18(23)22-13-11-21(12-14-22)10-6-9-20/h4-5,7-8H,6,10-15H2,1-3H3. The predicted octanol–water partition coefficient (Wildman–Crippen LogP) is 2.42. The number of amides is 1. The average molecular weight is 329 g/mol. The van der Waals surface area contributed by atoms with Crippen LogP contribution >= 0.6 is 0 Å². The third-order valence-corrected chi connectivity index (χ3v) is 4.31. The number of piperazine rings is 1. The lowest BCUT2D eigenvalue weighted by Crippen LogP contribution is -2.50. The van der Waals surface area contributed by atoms with Crippen molar-refractivity contribution in [3.63, 3.8) is 0 Å². The van der Waals surface area contributed by atoms with Crippen LogP contribution in [0, 0.1) is 11.3 Å². The summed E-state index contributed by atoms with van der Waals surface area (Å²) in [5.74, 6) is 0.810. The summed E-state index contributed by atoms with van der Waals surface area (Å²) in [6.45, 7) is 10.3. The average Bonchev–Trinajstić information content (AvgIpc) is 2.57. The second-order valence-corrected chi connectivity index (χ2v) is 7.17. The molecule has 5 nitrogen and oxygen atoms in total. The van der Waals surface area contributed by atoms with Gasteiger partial charge in [0.1, 0.15) is 5.75 Å². The van der Waals surface area contributed by atoms with Crippen LogP contribution in [0.3, 0.4) is 0 Å². The Morgan fingerprint density at radius 1 is 1.21 bits per heavy atom. The highest BCUT2D eigenvalue weighted by molar-refractivity contribution is 5.78. The third kappa shape index (κ3) is 4.97. The smallest absolute Gasteiger partial charge is 0.260 e. The first-order valence-corrected chi connectivity index (χ1v) is 8.51. The summed E-state index contributed by atoms with van der Waals surface area (Å²) < 4.78 is 5.82. The van der Waals surface area contributed by atoms with Crippen molar-refractivity contribution < 1.29 is 9.53 Å². The van der Waals surface area contributed by atoms with Crippen LogP contribution < -0.4 is 4.74 Å². The van der Waals surface area contributed by atoms with Crippen molar-refractivity contribution in [2.45, 2.75) is 32.6 Å². The molecule has 0 spiro atoms. The van der Waals surface area contributed by atoms with Crippen molar-refractivity contribution in [1.29, 1.82) is 5.26 Å². The lowest BCUT2D eigenvalue weighted by molar-refractivity contribution is -0.135. The van der Waals surface area contributed by atoms with Gasteiger partial charge in [-0.15, -0.1) is 0 Å². The minimum absolute atomic E-state index is 0.0218. The predicted molar refractivity (Wildman–Crippen MR) is 93.9 cm³/mol. The molecule has 1 aliphatic rings. The van der Waals surface area contributed by atoms with Gasteiger partial charge in [0.2, 0.25) is 0 Å². The van der Waals surface area contributed by atoms with E-state index >= 15 is 0 Å². The van der Waals surface area contributed by atoms with Crippen LogP contribution in [-0.2, 0) is 10.2 Å². The minimum atomic E-state index is -0.0218. The van der Waals surface area contributed by atoms with Crippen LogP contribution in [-0.4, -0.2) is 55.0 Å². The van der Waals surface area contributed by atoms with E-state index in [2.05, 4.69) is 31.7 Å². The number of hydrogen-bond acceptors (Lipinski definition) is 4. The fourth-order valence-corrected chi connectivity index (χ4v) is 2.87. The number of nitrogens with zero attached hydrogens (tertiary/aromatic N) is 3. The zero-order chi connectivity index (χ0) is 17.6. The molecule has 1 aromatic carbocycles. The highest BCUT2D eigenvalue weighted by atomic mass is 16.5. The van der Waals surface area contributed by atoms with E-state index in [1.165, 1.54) is 0 Å². The maximum atomic E-state index is 12.4. The molecule has 24 heavy (non-hydrogen) atoms. The molecule has 0 aromatic heterocycles. The molecule has 0 atom stereocenters. The second-order valence-electron chi connectivity index (χ2n) is 7.17. The fourth-order valence-electron chi connectivity index (χ4n) is 2.87. The van der Waals surface area contributed by atoms with E-state index in [-0.39, 0.29) is 17.9 Å². The number of ether oxygens (including phenoxy) is 1. The molecule has 1 aliphatic heterocycles. The molecule has 0 N–H and O–H groups in total. The number of rotatable bonds is 5. The van der Waals surface area contributed by atoms with Crippen LogP contribution in [0.15, 0.2) is 24.3 Å². The van der Waals surface area contributed by atoms with Crippen molar-refractivity contribution in [2.75, 3.05) is 39.3 Å². The first kappa shape index (κ1) is 18.3. The Kier molecular flexibility index (Phi) is 6.22. The maximum absolute atomic E-state index is 12.4. The molecule has 5 heteroatoms. The lowest BCUT2D eigenvalue weighted by Gasteiger charge is -2.34. The molecule has 0 unspecified atom stereocenters. The Balaban J connectivity index is 1.86. The molecule has 1 heterocycles. The van der Waals surface area contributed by atoms with E-state index in [0.717, 1.165) is 30.9 Å². The van der Waals surface area contributed by atoms with Gasteiger partial charge in [-0.1, -0.05) is 39.0 Å². The Labute approximate surface area is 144 Å². The van der Waals surface area contributed by atoms with Crippen LogP contribution in [0.25, 0.3) is 0 Å². The van der Waals surface area contributed by atoms with Gasteiger partial charge in [0.05, 0.1) is 6.07 Å². The molecule has 1 saturated heterocycles. The minimum Gasteiger partial charge on any atom is -0.483 e. The normalized spacial score (nSPS) is 15.8. The number of carbonyl (C=O) groups is 1. The van der Waals surface area contributed by atoms with Crippen molar-refractivity contribution in [2.24, 2.45) is 0 Å². The SMILES string of the molecule is CC(C)(C)c1ccccc1OCC(=O)N1CCN(CCC#N)CC1. The first-order chi connectivity index (χ1) is 11.4. The van der Waals surface area contributed by atoms with Crippen molar-refractivity contribution >= 4 is 5.91 Å². The second kappa shape index (κ2) is 8.16. The molecule has 0 aliphatic carbocycles. The van der Waals surface area contributed by atoms with Gasteiger partial charge in [-0.3, -0.25) is 9.69 Å². The zero-order valence-electron chi connectivity index (χ0n) is 14.9. The summed E-state index contributed by atoms with van der Waals surface area (Å²) in [5.41, 5.74) is 1.09. The molecule has 2 rings (SSSR count). The van der Waals surface area contributed by atoms with Gasteiger partial charge in [0.25, 0.3) is 5.91 Å². The van der Waals surface area contributed by atoms with Gasteiger partial charge in [0, 0.05) is 39.1 Å². The molecule has 1 aromatic rings. The summed E-state index contributed by atoms with van der Waals surface area (Å²) in [6, 6.07) is 10.1. The maximum Gasteiger partial charge on any atom is 0.260 e. The molecular formula is C19H27N3O2. The number of carbonyl (C=O) groups excluding carboxylic acids is 1. The van der Waals surface area contributed by atoms with Crippen molar-refractivity contribution in [3.05, 3.63) is 29.8 Å². The highest BCUT2D eigenvalue weighted by Crippen LogP contribution is 2.30. The molecule has 0 bridgehead atoms. The van der Waals surface area contributed by atoms with Gasteiger partial charge >= 0.3 is 0 Å². The number of nitriles is 1. The summed E-state index contributed by atoms with van der Waals surface area (Å²) in [7, 11) is 0. The number of para-hydroxylation sites is 1. The van der Waals surface area contributed by atoms with E-state index in [4.69, 9.17) is 10.00 Å². The number of benzene rings is 1. The van der Waals surface area contributed by atoms with Gasteiger partial charge in [-0.25, -0.2) is 0 Å². The quantitative estimate of drug-likeness (QED) is 0.832. The summed E-state index contributed by atoms with van der Waals surface area (Å²) in [6.07, 6.45) is 0.542. The zero-order valence-corrected chi connectivity index (χ0v) is 14.9. The summed E-state index contributed by atoms with van der Waals surface area (Å²) in [5, 5.41) is 8.64. The Morgan fingerprint density at radius 3 is 2.50 bits per heavy atom. The van der Waals surface area contributed by atoms with Crippen molar-refractivity contribution in [1.82, 2.24) is 9.80 Å². The van der Waals surface area contributed by atoms with E-state index in [0.29, 0.717) is 19.5 Å². The highest BCUT2D eigenvalue weighted by Gasteiger charge is 2.23. The Bertz CT molecular complexity index is 593. The molecule has 0 radical (unpaired) electrons. The topological polar surface area (TPSA) is 56.6 Å². The molecular weight excluding hydrogens is 302 g/mol. The molecule has 1 amide bonds.